The van der Waals surface area contributed by atoms with E-state index >= 15 is 0 Å². The Bertz CT molecular complexity index is 1760. The first-order chi connectivity index (χ1) is 21.6. The highest BCUT2D eigenvalue weighted by Gasteiger charge is 2.29. The highest BCUT2D eigenvalue weighted by molar-refractivity contribution is 7.18. The van der Waals surface area contributed by atoms with Gasteiger partial charge in [0.1, 0.15) is 28.7 Å². The number of aryl methyl sites for hydroxylation is 1. The molecule has 4 aromatic rings. The third kappa shape index (κ3) is 6.84. The minimum absolute atomic E-state index is 0.0202. The summed E-state index contributed by atoms with van der Waals surface area (Å²) in [6.07, 6.45) is 1.15. The van der Waals surface area contributed by atoms with Crippen LogP contribution in [0.4, 0.5) is 19.0 Å². The molecule has 0 aliphatic carbocycles. The van der Waals surface area contributed by atoms with Crippen LogP contribution in [0, 0.1) is 24.2 Å². The third-order valence-corrected chi connectivity index (χ3v) is 10.2. The maximum absolute atomic E-state index is 12.9. The predicted molar refractivity (Wildman–Crippen MR) is 170 cm³/mol. The standard InChI is InChI=1S/C33H36F3N7OS/c1-3-30(44)42-12-6-22(7-13-42)18-43-25(17-37)14-27-21(2)23(4-5-29(27)43)19-41-10-8-24(9-11-41)40-31-28-15-26(16-33(34,35)36)45-32(28)39-20-38-31/h3-5,14-15,20,22,24H,1,6-13,16,18-19H2,2H3,(H,38,39,40). The Morgan fingerprint density at radius 2 is 1.89 bits per heavy atom. The molecule has 6 rings (SSSR count). The van der Waals surface area contributed by atoms with Gasteiger partial charge in [-0.3, -0.25) is 9.69 Å². The molecule has 0 atom stereocenters. The normalized spacial score (nSPS) is 17.2. The maximum Gasteiger partial charge on any atom is 0.393 e. The average Bonchev–Trinajstić information content (AvgIpc) is 3.60. The lowest BCUT2D eigenvalue weighted by atomic mass is 9.96. The molecule has 45 heavy (non-hydrogen) atoms. The summed E-state index contributed by atoms with van der Waals surface area (Å²) in [5.41, 5.74) is 4.16. The average molecular weight is 636 g/mol. The summed E-state index contributed by atoms with van der Waals surface area (Å²) in [5.74, 6) is 0.975. The number of halogens is 3. The van der Waals surface area contributed by atoms with Crippen LogP contribution in [0.15, 0.2) is 43.2 Å². The summed E-state index contributed by atoms with van der Waals surface area (Å²) in [5, 5.41) is 15.2. The van der Waals surface area contributed by atoms with Crippen molar-refractivity contribution < 1.29 is 18.0 Å². The Labute approximate surface area is 264 Å². The van der Waals surface area contributed by atoms with Gasteiger partial charge in [0.25, 0.3) is 0 Å². The van der Waals surface area contributed by atoms with Crippen LogP contribution < -0.4 is 5.32 Å². The van der Waals surface area contributed by atoms with Crippen molar-refractivity contribution in [2.75, 3.05) is 31.5 Å². The molecule has 2 saturated heterocycles. The number of piperidine rings is 2. The van der Waals surface area contributed by atoms with Gasteiger partial charge in [-0.2, -0.15) is 18.4 Å². The first-order valence-corrected chi connectivity index (χ1v) is 16.2. The van der Waals surface area contributed by atoms with Crippen molar-refractivity contribution >= 4 is 44.2 Å². The number of benzene rings is 1. The zero-order valence-electron chi connectivity index (χ0n) is 25.2. The monoisotopic (exact) mass is 635 g/mol. The van der Waals surface area contributed by atoms with Gasteiger partial charge < -0.3 is 14.8 Å². The van der Waals surface area contributed by atoms with E-state index in [9.17, 15) is 23.2 Å². The largest absolute Gasteiger partial charge is 0.393 e. The van der Waals surface area contributed by atoms with E-state index in [1.807, 2.05) is 11.0 Å². The van der Waals surface area contributed by atoms with Crippen molar-refractivity contribution in [3.8, 4) is 6.07 Å². The molecule has 0 saturated carbocycles. The SMILES string of the molecule is C=CC(=O)N1CCC(Cn2c(C#N)cc3c(C)c(CN4CCC(Nc5ncnc6sc(CC(F)(F)F)cc56)CC4)ccc32)CC1. The second-order valence-corrected chi connectivity index (χ2v) is 13.3. The van der Waals surface area contributed by atoms with Crippen LogP contribution >= 0.6 is 11.3 Å². The van der Waals surface area contributed by atoms with Crippen LogP contribution in [-0.4, -0.2) is 68.6 Å². The minimum atomic E-state index is -4.26. The number of thiophene rings is 1. The first-order valence-electron chi connectivity index (χ1n) is 15.3. The molecule has 2 fully saturated rings. The molecule has 8 nitrogen and oxygen atoms in total. The summed E-state index contributed by atoms with van der Waals surface area (Å²) in [4.78, 5) is 25.6. The molecule has 12 heteroatoms. The maximum atomic E-state index is 12.9. The highest BCUT2D eigenvalue weighted by atomic mass is 32.1. The van der Waals surface area contributed by atoms with Gasteiger partial charge in [-0.1, -0.05) is 12.6 Å². The van der Waals surface area contributed by atoms with Gasteiger partial charge in [0.2, 0.25) is 5.91 Å². The quantitative estimate of drug-likeness (QED) is 0.225. The fourth-order valence-corrected chi connectivity index (χ4v) is 7.71. The Hall–Kier alpha value is -3.95. The Morgan fingerprint density at radius 1 is 1.13 bits per heavy atom. The fraction of sp³-hybridized carbons (Fsp3) is 0.455. The van der Waals surface area contributed by atoms with Gasteiger partial charge in [-0.05, 0) is 73.9 Å². The summed E-state index contributed by atoms with van der Waals surface area (Å²) in [6, 6.07) is 10.4. The number of aromatic nitrogens is 3. The van der Waals surface area contributed by atoms with Gasteiger partial charge in [0, 0.05) is 61.1 Å². The second kappa shape index (κ2) is 12.8. The molecular weight excluding hydrogens is 599 g/mol. The summed E-state index contributed by atoms with van der Waals surface area (Å²) in [7, 11) is 0. The Kier molecular flexibility index (Phi) is 8.84. The van der Waals surface area contributed by atoms with Crippen molar-refractivity contribution in [2.24, 2.45) is 5.92 Å². The number of likely N-dealkylation sites (tertiary alicyclic amines) is 2. The van der Waals surface area contributed by atoms with E-state index in [0.717, 1.165) is 74.1 Å². The van der Waals surface area contributed by atoms with Crippen molar-refractivity contribution in [1.29, 1.82) is 5.26 Å². The van der Waals surface area contributed by atoms with Crippen molar-refractivity contribution in [1.82, 2.24) is 24.3 Å². The van der Waals surface area contributed by atoms with Gasteiger partial charge in [-0.15, -0.1) is 11.3 Å². The number of rotatable bonds is 8. The van der Waals surface area contributed by atoms with E-state index in [-0.39, 0.29) is 16.8 Å². The van der Waals surface area contributed by atoms with Gasteiger partial charge in [0.05, 0.1) is 11.8 Å². The third-order valence-electron chi connectivity index (χ3n) is 9.20. The molecule has 1 aromatic carbocycles. The number of nitrogens with one attached hydrogen (secondary N) is 1. The van der Waals surface area contributed by atoms with Crippen molar-refractivity contribution in [2.45, 2.75) is 64.3 Å². The number of nitrogens with zero attached hydrogens (tertiary/aromatic N) is 6. The Balaban J connectivity index is 1.08. The molecule has 0 bridgehead atoms. The number of hydrogen-bond donors (Lipinski definition) is 1. The van der Waals surface area contributed by atoms with Crippen LogP contribution in [0.2, 0.25) is 0 Å². The van der Waals surface area contributed by atoms with Crippen molar-refractivity contribution in [3.05, 3.63) is 64.9 Å². The molecule has 5 heterocycles. The number of fused-ring (bicyclic) bond motifs is 2. The van der Waals surface area contributed by atoms with Gasteiger partial charge in [-0.25, -0.2) is 9.97 Å². The van der Waals surface area contributed by atoms with Crippen LogP contribution in [0.5, 0.6) is 0 Å². The molecule has 3 aromatic heterocycles. The molecule has 1 amide bonds. The number of carbonyl (C=O) groups is 1. The fourth-order valence-electron chi connectivity index (χ4n) is 6.68. The zero-order chi connectivity index (χ0) is 31.7. The number of nitriles is 1. The van der Waals surface area contributed by atoms with E-state index in [0.29, 0.717) is 40.7 Å². The molecule has 0 spiro atoms. The van der Waals surface area contributed by atoms with Crippen LogP contribution in [0.3, 0.4) is 0 Å². The topological polar surface area (TPSA) is 90.1 Å². The smallest absolute Gasteiger partial charge is 0.367 e. The number of carbonyl (C=O) groups excluding carboxylic acids is 1. The molecular formula is C33H36F3N7OS. The van der Waals surface area contributed by atoms with Crippen molar-refractivity contribution in [3.63, 3.8) is 0 Å². The lowest BCUT2D eigenvalue weighted by molar-refractivity contribution is -0.127. The second-order valence-electron chi connectivity index (χ2n) is 12.1. The summed E-state index contributed by atoms with van der Waals surface area (Å²) >= 11 is 1.06. The molecule has 0 unspecified atom stereocenters. The van der Waals surface area contributed by atoms with Crippen LogP contribution in [0.25, 0.3) is 21.1 Å². The highest BCUT2D eigenvalue weighted by Crippen LogP contribution is 2.34. The number of amides is 1. The van der Waals surface area contributed by atoms with Gasteiger partial charge >= 0.3 is 6.18 Å². The number of alkyl halides is 3. The van der Waals surface area contributed by atoms with Crippen LogP contribution in [-0.2, 0) is 24.3 Å². The lowest BCUT2D eigenvalue weighted by Gasteiger charge is -2.33. The molecule has 2 aliphatic rings. The van der Waals surface area contributed by atoms with E-state index in [4.69, 9.17) is 0 Å². The lowest BCUT2D eigenvalue weighted by Crippen LogP contribution is -2.39. The Morgan fingerprint density at radius 3 is 2.58 bits per heavy atom. The predicted octanol–water partition coefficient (Wildman–Crippen LogP) is 6.43. The number of anilines is 1. The van der Waals surface area contributed by atoms with E-state index < -0.39 is 12.6 Å². The first kappa shape index (κ1) is 31.0. The molecule has 2 aliphatic heterocycles. The van der Waals surface area contributed by atoms with Crippen LogP contribution in [0.1, 0.15) is 47.4 Å². The zero-order valence-corrected chi connectivity index (χ0v) is 26.1. The molecule has 0 radical (unpaired) electrons. The summed E-state index contributed by atoms with van der Waals surface area (Å²) < 4.78 is 40.9. The molecule has 236 valence electrons. The van der Waals surface area contributed by atoms with E-state index in [1.165, 1.54) is 23.5 Å². The van der Waals surface area contributed by atoms with Gasteiger partial charge in [0.15, 0.2) is 0 Å². The minimum Gasteiger partial charge on any atom is -0.367 e. The van der Waals surface area contributed by atoms with E-state index in [2.05, 4.69) is 56.5 Å². The molecule has 1 N–H and O–H groups in total. The van der Waals surface area contributed by atoms with E-state index in [1.54, 1.807) is 6.07 Å². The number of hydrogen-bond acceptors (Lipinski definition) is 7. The summed E-state index contributed by atoms with van der Waals surface area (Å²) in [6.45, 7) is 10.5.